The molecule has 5 heteroatoms. The number of nitriles is 1. The summed E-state index contributed by atoms with van der Waals surface area (Å²) in [6.07, 6.45) is 3.78. The first kappa shape index (κ1) is 13.2. The lowest BCUT2D eigenvalue weighted by Crippen LogP contribution is -2.39. The lowest BCUT2D eigenvalue weighted by atomic mass is 9.73. The predicted molar refractivity (Wildman–Crippen MR) is 77.7 cm³/mol. The van der Waals surface area contributed by atoms with Gasteiger partial charge in [0, 0.05) is 0 Å². The van der Waals surface area contributed by atoms with Gasteiger partial charge in [-0.15, -0.1) is 0 Å². The van der Waals surface area contributed by atoms with Crippen LogP contribution in [0.25, 0.3) is 0 Å². The highest BCUT2D eigenvalue weighted by Crippen LogP contribution is 2.57. The van der Waals surface area contributed by atoms with Crippen molar-refractivity contribution >= 4 is 17.5 Å². The van der Waals surface area contributed by atoms with Crippen molar-refractivity contribution in [3.63, 3.8) is 0 Å². The van der Waals surface area contributed by atoms with E-state index in [0.717, 1.165) is 0 Å². The van der Waals surface area contributed by atoms with Crippen molar-refractivity contribution in [2.45, 2.75) is 25.0 Å². The molecular weight excluding hydrogens is 280 g/mol. The zero-order chi connectivity index (χ0) is 15.7. The van der Waals surface area contributed by atoms with Crippen molar-refractivity contribution in [1.82, 2.24) is 0 Å². The van der Waals surface area contributed by atoms with Gasteiger partial charge in [-0.05, 0) is 38.1 Å². The fourth-order valence-electron chi connectivity index (χ4n) is 3.97. The van der Waals surface area contributed by atoms with Crippen molar-refractivity contribution < 1.29 is 14.3 Å². The van der Waals surface area contributed by atoms with Crippen molar-refractivity contribution in [3.8, 4) is 6.07 Å². The summed E-state index contributed by atoms with van der Waals surface area (Å²) in [6, 6.07) is 8.51. The molecule has 4 atom stereocenters. The third-order valence-corrected chi connectivity index (χ3v) is 4.98. The van der Waals surface area contributed by atoms with E-state index < -0.39 is 23.0 Å². The molecule has 3 heterocycles. The van der Waals surface area contributed by atoms with Gasteiger partial charge in [-0.3, -0.25) is 9.59 Å². The molecule has 0 aromatic heterocycles. The van der Waals surface area contributed by atoms with E-state index in [4.69, 9.17) is 10.00 Å². The Morgan fingerprint density at radius 2 is 1.55 bits per heavy atom. The molecule has 3 aliphatic rings. The van der Waals surface area contributed by atoms with Crippen molar-refractivity contribution in [3.05, 3.63) is 42.0 Å². The molecule has 0 spiro atoms. The van der Waals surface area contributed by atoms with Crippen LogP contribution in [0.5, 0.6) is 0 Å². The number of nitrogens with zero attached hydrogens (tertiary/aromatic N) is 2. The number of rotatable bonds is 1. The van der Waals surface area contributed by atoms with Crippen LogP contribution in [-0.4, -0.2) is 23.0 Å². The van der Waals surface area contributed by atoms with E-state index in [9.17, 15) is 9.59 Å². The maximum atomic E-state index is 12.8. The summed E-state index contributed by atoms with van der Waals surface area (Å²) in [4.78, 5) is 26.9. The predicted octanol–water partition coefficient (Wildman–Crippen LogP) is 1.78. The molecule has 0 radical (unpaired) electrons. The molecule has 2 fully saturated rings. The van der Waals surface area contributed by atoms with E-state index in [1.807, 2.05) is 32.1 Å². The molecule has 0 unspecified atom stereocenters. The van der Waals surface area contributed by atoms with Gasteiger partial charge in [0.25, 0.3) is 0 Å². The van der Waals surface area contributed by atoms with E-state index in [1.165, 1.54) is 4.90 Å². The van der Waals surface area contributed by atoms with E-state index in [2.05, 4.69) is 0 Å². The Morgan fingerprint density at radius 1 is 1.05 bits per heavy atom. The normalized spacial score (nSPS) is 38.5. The average molecular weight is 294 g/mol. The number of imide groups is 1. The van der Waals surface area contributed by atoms with Crippen LogP contribution in [0.15, 0.2) is 36.4 Å². The molecule has 1 aromatic rings. The molecular formula is C17H14N2O3. The van der Waals surface area contributed by atoms with E-state index in [0.29, 0.717) is 11.3 Å². The smallest absolute Gasteiger partial charge is 0.241 e. The Morgan fingerprint density at radius 3 is 2.00 bits per heavy atom. The largest absolute Gasteiger partial charge is 0.359 e. The standard InChI is InChI=1S/C17H14N2O3/c1-16-7-8-17(2,22-16)13-12(16)14(20)19(15(13)21)11-5-3-10(9-18)4-6-11/h3-8,12-13H,1-2H3/t12-,13+,16-,17-/m1/s1. The van der Waals surface area contributed by atoms with Crippen LogP contribution < -0.4 is 4.90 Å². The number of amides is 2. The quantitative estimate of drug-likeness (QED) is 0.585. The number of carbonyl (C=O) groups excluding carboxylic acids is 2. The molecule has 2 saturated heterocycles. The van der Waals surface area contributed by atoms with Crippen LogP contribution in [0.2, 0.25) is 0 Å². The summed E-state index contributed by atoms with van der Waals surface area (Å²) in [6.45, 7) is 3.71. The molecule has 4 rings (SSSR count). The van der Waals surface area contributed by atoms with Crippen molar-refractivity contribution in [1.29, 1.82) is 5.26 Å². The number of fused-ring (bicyclic) bond motifs is 5. The Kier molecular flexibility index (Phi) is 2.31. The van der Waals surface area contributed by atoms with Gasteiger partial charge in [0.1, 0.15) is 0 Å². The first-order chi connectivity index (χ1) is 10.4. The lowest BCUT2D eigenvalue weighted by Gasteiger charge is -2.25. The molecule has 0 aliphatic carbocycles. The van der Waals surface area contributed by atoms with Gasteiger partial charge in [-0.25, -0.2) is 4.90 Å². The van der Waals surface area contributed by atoms with Crippen LogP contribution in [0, 0.1) is 23.2 Å². The summed E-state index contributed by atoms with van der Waals surface area (Å²) < 4.78 is 5.95. The van der Waals surface area contributed by atoms with Crippen LogP contribution in [0.1, 0.15) is 19.4 Å². The molecule has 5 nitrogen and oxygen atoms in total. The topological polar surface area (TPSA) is 70.4 Å². The summed E-state index contributed by atoms with van der Waals surface area (Å²) in [7, 11) is 0. The summed E-state index contributed by atoms with van der Waals surface area (Å²) in [5.74, 6) is -1.41. The minimum atomic E-state index is -0.715. The molecule has 2 amide bonds. The maximum Gasteiger partial charge on any atom is 0.241 e. The van der Waals surface area contributed by atoms with Gasteiger partial charge in [0.15, 0.2) is 0 Å². The highest BCUT2D eigenvalue weighted by atomic mass is 16.5. The van der Waals surface area contributed by atoms with Crippen LogP contribution >= 0.6 is 0 Å². The van der Waals surface area contributed by atoms with E-state index >= 15 is 0 Å². The monoisotopic (exact) mass is 294 g/mol. The Labute approximate surface area is 127 Å². The second-order valence-corrected chi connectivity index (χ2v) is 6.43. The van der Waals surface area contributed by atoms with Crippen molar-refractivity contribution in [2.24, 2.45) is 11.8 Å². The lowest BCUT2D eigenvalue weighted by molar-refractivity contribution is -0.128. The van der Waals surface area contributed by atoms with Gasteiger partial charge in [0.2, 0.25) is 11.8 Å². The van der Waals surface area contributed by atoms with Crippen LogP contribution in [-0.2, 0) is 14.3 Å². The van der Waals surface area contributed by atoms with Crippen molar-refractivity contribution in [2.75, 3.05) is 4.90 Å². The van der Waals surface area contributed by atoms with Gasteiger partial charge in [0.05, 0.1) is 40.4 Å². The molecule has 3 aliphatic heterocycles. The molecule has 0 saturated carbocycles. The Hall–Kier alpha value is -2.45. The number of ether oxygens (including phenoxy) is 1. The second-order valence-electron chi connectivity index (χ2n) is 6.43. The number of benzene rings is 1. The third-order valence-electron chi connectivity index (χ3n) is 4.98. The summed E-state index contributed by atoms with van der Waals surface area (Å²) in [5, 5.41) is 8.85. The summed E-state index contributed by atoms with van der Waals surface area (Å²) in [5.41, 5.74) is -0.428. The van der Waals surface area contributed by atoms with Crippen LogP contribution in [0.4, 0.5) is 5.69 Å². The second kappa shape index (κ2) is 3.84. The molecule has 2 bridgehead atoms. The molecule has 1 aromatic carbocycles. The highest BCUT2D eigenvalue weighted by molar-refractivity contribution is 6.23. The number of anilines is 1. The number of hydrogen-bond acceptors (Lipinski definition) is 4. The highest BCUT2D eigenvalue weighted by Gasteiger charge is 2.70. The zero-order valence-corrected chi connectivity index (χ0v) is 12.2. The van der Waals surface area contributed by atoms with E-state index in [-0.39, 0.29) is 11.8 Å². The summed E-state index contributed by atoms with van der Waals surface area (Å²) >= 11 is 0. The molecule has 110 valence electrons. The number of hydrogen-bond donors (Lipinski definition) is 0. The Balaban J connectivity index is 1.78. The maximum absolute atomic E-state index is 12.8. The van der Waals surface area contributed by atoms with Gasteiger partial charge in [-0.1, -0.05) is 12.2 Å². The molecule has 22 heavy (non-hydrogen) atoms. The SMILES string of the molecule is C[C@]12C=C[C@@](C)(O1)[C@H]1C(=O)N(c3ccc(C#N)cc3)C(=O)[C@H]12. The average Bonchev–Trinajstić information content (AvgIpc) is 3.04. The fraction of sp³-hybridized carbons (Fsp3) is 0.353. The fourth-order valence-corrected chi connectivity index (χ4v) is 3.97. The van der Waals surface area contributed by atoms with E-state index in [1.54, 1.807) is 24.3 Å². The first-order valence-corrected chi connectivity index (χ1v) is 7.18. The van der Waals surface area contributed by atoms with Gasteiger partial charge >= 0.3 is 0 Å². The zero-order valence-electron chi connectivity index (χ0n) is 12.2. The van der Waals surface area contributed by atoms with Gasteiger partial charge < -0.3 is 4.74 Å². The molecule has 0 N–H and O–H groups in total. The van der Waals surface area contributed by atoms with Gasteiger partial charge in [-0.2, -0.15) is 5.26 Å². The number of carbonyl (C=O) groups is 2. The third kappa shape index (κ3) is 1.40. The first-order valence-electron chi connectivity index (χ1n) is 7.18. The van der Waals surface area contributed by atoms with Crippen LogP contribution in [0.3, 0.4) is 0 Å². The Bertz CT molecular complexity index is 740. The minimum absolute atomic E-state index is 0.227. The minimum Gasteiger partial charge on any atom is -0.359 e.